The summed E-state index contributed by atoms with van der Waals surface area (Å²) in [6, 6.07) is 5.65. The predicted molar refractivity (Wildman–Crippen MR) is 82.6 cm³/mol. The highest BCUT2D eigenvalue weighted by molar-refractivity contribution is 9.10. The zero-order valence-corrected chi connectivity index (χ0v) is 13.8. The fraction of sp³-hybridized carbons (Fsp3) is 0.571. The Morgan fingerprint density at radius 3 is 2.32 bits per heavy atom. The molecule has 1 aromatic rings. The summed E-state index contributed by atoms with van der Waals surface area (Å²) in [6.07, 6.45) is 0.792. The Balaban J connectivity index is 3.03. The van der Waals surface area contributed by atoms with Gasteiger partial charge in [0.25, 0.3) is 0 Å². The molecule has 0 bridgehead atoms. The summed E-state index contributed by atoms with van der Waals surface area (Å²) < 4.78 is 6.63. The Kier molecular flexibility index (Phi) is 5.24. The molecule has 1 rings (SSSR count). The first-order valence-electron chi connectivity index (χ1n) is 6.45. The highest BCUT2D eigenvalue weighted by atomic mass is 79.9. The quantitative estimate of drug-likeness (QED) is 0.815. The third-order valence-electron chi connectivity index (χ3n) is 3.65. The van der Waals surface area contributed by atoms with Gasteiger partial charge in [-0.2, -0.15) is 0 Å². The summed E-state index contributed by atoms with van der Waals surface area (Å²) in [6.45, 7) is 8.89. The van der Waals surface area contributed by atoms with E-state index in [2.05, 4.69) is 15.9 Å². The summed E-state index contributed by atoms with van der Waals surface area (Å²) in [5, 5.41) is 20.4. The molecule has 106 valence electrons. The Morgan fingerprint density at radius 2 is 1.84 bits per heavy atom. The number of aliphatic hydroxyl groups is 1. The van der Waals surface area contributed by atoms with E-state index in [0.29, 0.717) is 0 Å². The highest BCUT2D eigenvalue weighted by Gasteiger charge is 2.40. The van der Waals surface area contributed by atoms with Crippen LogP contribution in [0.5, 0.6) is 0 Å². The molecule has 0 heterocycles. The lowest BCUT2D eigenvalue weighted by Gasteiger charge is -2.38. The first-order chi connectivity index (χ1) is 8.60. The lowest BCUT2D eigenvalue weighted by molar-refractivity contribution is -0.0982. The second-order valence-electron chi connectivity index (χ2n) is 5.70. The van der Waals surface area contributed by atoms with Crippen molar-refractivity contribution in [3.8, 4) is 0 Å². The van der Waals surface area contributed by atoms with Crippen molar-refractivity contribution in [3.63, 3.8) is 0 Å². The van der Waals surface area contributed by atoms with E-state index in [9.17, 15) is 10.1 Å². The summed E-state index contributed by atoms with van der Waals surface area (Å²) >= 11 is 3.48. The Labute approximate surface area is 124 Å². The van der Waals surface area contributed by atoms with E-state index in [-0.39, 0.29) is 0 Å². The van der Waals surface area contributed by atoms with Gasteiger partial charge < -0.3 is 14.8 Å². The third-order valence-corrected chi connectivity index (χ3v) is 4.40. The van der Waals surface area contributed by atoms with Gasteiger partial charge in [-0.3, -0.25) is 0 Å². The maximum atomic E-state index is 10.3. The van der Waals surface area contributed by atoms with Gasteiger partial charge in [0, 0.05) is 4.47 Å². The van der Waals surface area contributed by atoms with Crippen LogP contribution in [0.1, 0.15) is 40.2 Å². The molecule has 0 aliphatic rings. The van der Waals surface area contributed by atoms with Crippen molar-refractivity contribution in [1.29, 1.82) is 0 Å². The van der Waals surface area contributed by atoms with Crippen molar-refractivity contribution < 1.29 is 14.8 Å². The molecular formula is C14H22BBrO3. The third kappa shape index (κ3) is 3.82. The monoisotopic (exact) mass is 328 g/mol. The fourth-order valence-electron chi connectivity index (χ4n) is 1.67. The molecule has 1 aromatic carbocycles. The molecule has 0 aromatic heterocycles. The van der Waals surface area contributed by atoms with E-state index in [1.165, 1.54) is 0 Å². The van der Waals surface area contributed by atoms with Gasteiger partial charge in [0.05, 0.1) is 11.2 Å². The van der Waals surface area contributed by atoms with Gasteiger partial charge in [-0.05, 0) is 51.2 Å². The van der Waals surface area contributed by atoms with Gasteiger partial charge in [-0.25, -0.2) is 0 Å². The topological polar surface area (TPSA) is 49.7 Å². The summed E-state index contributed by atoms with van der Waals surface area (Å²) in [5.74, 6) is 0. The average molecular weight is 329 g/mol. The zero-order chi connectivity index (χ0) is 14.8. The van der Waals surface area contributed by atoms with Crippen LogP contribution in [0.25, 0.3) is 0 Å². The molecule has 0 amide bonds. The number of halogens is 1. The van der Waals surface area contributed by atoms with Crippen LogP contribution in [0.2, 0.25) is 0 Å². The van der Waals surface area contributed by atoms with Gasteiger partial charge in [-0.1, -0.05) is 35.0 Å². The molecule has 0 fully saturated rings. The minimum atomic E-state index is -1.06. The maximum Gasteiger partial charge on any atom is 0.491 e. The second-order valence-corrected chi connectivity index (χ2v) is 6.56. The highest BCUT2D eigenvalue weighted by Crippen LogP contribution is 2.26. The van der Waals surface area contributed by atoms with Crippen molar-refractivity contribution in [2.24, 2.45) is 0 Å². The minimum absolute atomic E-state index is 0.731. The van der Waals surface area contributed by atoms with E-state index >= 15 is 0 Å². The molecular weight excluding hydrogens is 307 g/mol. The smallest absolute Gasteiger partial charge is 0.423 e. The van der Waals surface area contributed by atoms with Gasteiger partial charge in [0.15, 0.2) is 0 Å². The van der Waals surface area contributed by atoms with E-state index in [4.69, 9.17) is 4.65 Å². The second kappa shape index (κ2) is 5.96. The molecule has 0 saturated carbocycles. The van der Waals surface area contributed by atoms with Crippen LogP contribution in [-0.4, -0.2) is 28.5 Å². The van der Waals surface area contributed by atoms with Gasteiger partial charge in [0.2, 0.25) is 0 Å². The average Bonchev–Trinajstić information content (AvgIpc) is 2.26. The van der Waals surface area contributed by atoms with Crippen molar-refractivity contribution >= 4 is 28.5 Å². The first-order valence-corrected chi connectivity index (χ1v) is 7.25. The van der Waals surface area contributed by atoms with E-state index < -0.39 is 18.3 Å². The van der Waals surface area contributed by atoms with Crippen LogP contribution in [0.4, 0.5) is 0 Å². The van der Waals surface area contributed by atoms with Gasteiger partial charge >= 0.3 is 7.12 Å². The molecule has 3 nitrogen and oxygen atoms in total. The minimum Gasteiger partial charge on any atom is -0.423 e. The molecule has 0 saturated heterocycles. The summed E-state index contributed by atoms with van der Waals surface area (Å²) in [4.78, 5) is 0. The molecule has 0 radical (unpaired) electrons. The molecule has 0 spiro atoms. The zero-order valence-electron chi connectivity index (χ0n) is 12.2. The Morgan fingerprint density at radius 1 is 1.26 bits per heavy atom. The molecule has 5 heteroatoms. The lowest BCUT2D eigenvalue weighted by atomic mass is 9.73. The van der Waals surface area contributed by atoms with Crippen LogP contribution in [0, 0.1) is 0 Å². The van der Waals surface area contributed by atoms with Crippen molar-refractivity contribution in [1.82, 2.24) is 0 Å². The molecule has 0 aliphatic carbocycles. The predicted octanol–water partition coefficient (Wildman–Crippen LogP) is 2.27. The van der Waals surface area contributed by atoms with Crippen molar-refractivity contribution in [3.05, 3.63) is 28.2 Å². The standard InChI is InChI=1S/C14H22BBrO3/c1-6-10-11(8-7-9-12(10)16)15(18)19-14(4,5)13(2,3)17/h7-9,17-18H,6H2,1-5H3. The summed E-state index contributed by atoms with van der Waals surface area (Å²) in [7, 11) is -1.06. The van der Waals surface area contributed by atoms with Crippen LogP contribution in [0.3, 0.4) is 0 Å². The van der Waals surface area contributed by atoms with Crippen LogP contribution in [-0.2, 0) is 11.1 Å². The number of hydrogen-bond donors (Lipinski definition) is 2. The van der Waals surface area contributed by atoms with E-state index in [1.54, 1.807) is 27.7 Å². The van der Waals surface area contributed by atoms with Gasteiger partial charge in [-0.15, -0.1) is 0 Å². The maximum absolute atomic E-state index is 10.3. The number of hydrogen-bond acceptors (Lipinski definition) is 3. The van der Waals surface area contributed by atoms with Gasteiger partial charge in [0.1, 0.15) is 0 Å². The molecule has 0 atom stereocenters. The van der Waals surface area contributed by atoms with E-state index in [0.717, 1.165) is 21.9 Å². The number of rotatable bonds is 5. The summed E-state index contributed by atoms with van der Waals surface area (Å²) in [5.41, 5.74) is -0.165. The molecule has 2 N–H and O–H groups in total. The van der Waals surface area contributed by atoms with Crippen molar-refractivity contribution in [2.75, 3.05) is 0 Å². The molecule has 0 unspecified atom stereocenters. The normalized spacial score (nSPS) is 12.6. The first kappa shape index (κ1) is 16.7. The van der Waals surface area contributed by atoms with Crippen LogP contribution >= 0.6 is 15.9 Å². The Bertz CT molecular complexity index is 441. The van der Waals surface area contributed by atoms with E-state index in [1.807, 2.05) is 25.1 Å². The molecule has 0 aliphatic heterocycles. The largest absolute Gasteiger partial charge is 0.491 e. The fourth-order valence-corrected chi connectivity index (χ4v) is 2.33. The van der Waals surface area contributed by atoms with Crippen LogP contribution in [0.15, 0.2) is 22.7 Å². The van der Waals surface area contributed by atoms with Crippen molar-refractivity contribution in [2.45, 2.75) is 52.2 Å². The number of benzene rings is 1. The lowest BCUT2D eigenvalue weighted by Crippen LogP contribution is -2.53. The van der Waals surface area contributed by atoms with Crippen LogP contribution < -0.4 is 5.46 Å². The SMILES string of the molecule is CCc1c(Br)cccc1B(O)OC(C)(C)C(C)(C)O. The Hall–Kier alpha value is -0.355. The molecule has 19 heavy (non-hydrogen) atoms.